The molecule has 0 aliphatic carbocycles. The quantitative estimate of drug-likeness (QED) is 0.356. The number of Topliss-reactive ketones (excluding diaryl/α,β-unsaturated/α-hetero) is 1. The van der Waals surface area contributed by atoms with Gasteiger partial charge in [0.05, 0.1) is 9.95 Å². The Morgan fingerprint density at radius 2 is 2.22 bits per heavy atom. The molecule has 0 N–H and O–H groups in total. The summed E-state index contributed by atoms with van der Waals surface area (Å²) in [5, 5.41) is 14.0. The van der Waals surface area contributed by atoms with Crippen LogP contribution < -0.4 is 0 Å². The lowest BCUT2D eigenvalue weighted by molar-refractivity contribution is -0.384. The van der Waals surface area contributed by atoms with E-state index in [9.17, 15) is 14.9 Å². The van der Waals surface area contributed by atoms with E-state index in [1.54, 1.807) is 13.8 Å². The van der Waals surface area contributed by atoms with Crippen molar-refractivity contribution in [3.63, 3.8) is 0 Å². The molecular formula is C11H11ClN2O4. The average Bonchev–Trinajstić information content (AvgIpc) is 2.27. The van der Waals surface area contributed by atoms with Crippen molar-refractivity contribution in [2.45, 2.75) is 20.0 Å². The van der Waals surface area contributed by atoms with Gasteiger partial charge in [0.25, 0.3) is 5.69 Å². The molecule has 1 rings (SSSR count). The standard InChI is InChI=1S/C11H11ClN2O4/c1-7(2)18-13-6-11(15)9-4-3-8(14(16)17)5-10(9)12/h3-7H,1-2H3/b13-6+. The molecule has 1 aromatic carbocycles. The Kier molecular flexibility index (Phi) is 4.79. The lowest BCUT2D eigenvalue weighted by atomic mass is 10.1. The van der Waals surface area contributed by atoms with Crippen LogP contribution in [-0.2, 0) is 4.84 Å². The van der Waals surface area contributed by atoms with E-state index in [1.165, 1.54) is 12.1 Å². The van der Waals surface area contributed by atoms with Crippen molar-refractivity contribution in [2.24, 2.45) is 5.16 Å². The van der Waals surface area contributed by atoms with Gasteiger partial charge in [0.15, 0.2) is 0 Å². The molecule has 0 aromatic heterocycles. The number of rotatable bonds is 5. The zero-order valence-electron chi connectivity index (χ0n) is 9.79. The number of ketones is 1. The molecule has 18 heavy (non-hydrogen) atoms. The van der Waals surface area contributed by atoms with Crippen LogP contribution >= 0.6 is 11.6 Å². The van der Waals surface area contributed by atoms with Crippen molar-refractivity contribution >= 4 is 29.3 Å². The van der Waals surface area contributed by atoms with Crippen LogP contribution in [0.4, 0.5) is 5.69 Å². The number of nitro benzene ring substituents is 1. The van der Waals surface area contributed by atoms with Gasteiger partial charge in [-0.15, -0.1) is 0 Å². The van der Waals surface area contributed by atoms with Gasteiger partial charge in [-0.05, 0) is 19.9 Å². The third kappa shape index (κ3) is 3.81. The largest absolute Gasteiger partial charge is 0.393 e. The number of halogens is 1. The Morgan fingerprint density at radius 3 is 2.72 bits per heavy atom. The Hall–Kier alpha value is -1.95. The summed E-state index contributed by atoms with van der Waals surface area (Å²) in [4.78, 5) is 26.4. The number of hydrogen-bond acceptors (Lipinski definition) is 5. The Labute approximate surface area is 108 Å². The van der Waals surface area contributed by atoms with Gasteiger partial charge in [-0.1, -0.05) is 16.8 Å². The van der Waals surface area contributed by atoms with Crippen molar-refractivity contribution in [3.8, 4) is 0 Å². The molecule has 0 atom stereocenters. The molecule has 1 aromatic rings. The van der Waals surface area contributed by atoms with Gasteiger partial charge >= 0.3 is 0 Å². The predicted molar refractivity (Wildman–Crippen MR) is 67.1 cm³/mol. The Balaban J connectivity index is 2.87. The lowest BCUT2D eigenvalue weighted by Crippen LogP contribution is -2.04. The molecule has 0 saturated carbocycles. The highest BCUT2D eigenvalue weighted by atomic mass is 35.5. The van der Waals surface area contributed by atoms with Crippen molar-refractivity contribution in [2.75, 3.05) is 0 Å². The minimum Gasteiger partial charge on any atom is -0.393 e. The van der Waals surface area contributed by atoms with Crippen LogP contribution in [0.5, 0.6) is 0 Å². The molecule has 0 bridgehead atoms. The average molecular weight is 271 g/mol. The molecule has 0 unspecified atom stereocenters. The van der Waals surface area contributed by atoms with Gasteiger partial charge in [-0.3, -0.25) is 14.9 Å². The van der Waals surface area contributed by atoms with Gasteiger partial charge in [0, 0.05) is 17.7 Å². The summed E-state index contributed by atoms with van der Waals surface area (Å²) < 4.78 is 0. The summed E-state index contributed by atoms with van der Waals surface area (Å²) in [5.41, 5.74) is -0.0368. The number of carbonyl (C=O) groups is 1. The Morgan fingerprint density at radius 1 is 1.56 bits per heavy atom. The fourth-order valence-electron chi connectivity index (χ4n) is 1.09. The van der Waals surface area contributed by atoms with Crippen LogP contribution in [0.15, 0.2) is 23.4 Å². The van der Waals surface area contributed by atoms with E-state index < -0.39 is 10.7 Å². The first kappa shape index (κ1) is 14.1. The zero-order chi connectivity index (χ0) is 13.7. The lowest BCUT2D eigenvalue weighted by Gasteiger charge is -2.01. The van der Waals surface area contributed by atoms with Crippen LogP contribution in [0.3, 0.4) is 0 Å². The minimum atomic E-state index is -0.587. The molecule has 0 saturated heterocycles. The molecule has 7 heteroatoms. The summed E-state index contributed by atoms with van der Waals surface area (Å²) in [6.07, 6.45) is 0.842. The highest BCUT2D eigenvalue weighted by Crippen LogP contribution is 2.22. The fraction of sp³-hybridized carbons (Fsp3) is 0.273. The van der Waals surface area contributed by atoms with Crippen molar-refractivity contribution in [1.82, 2.24) is 0 Å². The second kappa shape index (κ2) is 6.11. The summed E-state index contributed by atoms with van der Waals surface area (Å²) in [6, 6.07) is 3.60. The van der Waals surface area contributed by atoms with E-state index in [0.29, 0.717) is 0 Å². The molecule has 0 amide bonds. The van der Waals surface area contributed by atoms with Crippen molar-refractivity contribution < 1.29 is 14.6 Å². The van der Waals surface area contributed by atoms with E-state index >= 15 is 0 Å². The summed E-state index contributed by atoms with van der Waals surface area (Å²) >= 11 is 5.78. The zero-order valence-corrected chi connectivity index (χ0v) is 10.5. The molecule has 0 heterocycles. The minimum absolute atomic E-state index is 0.00481. The van der Waals surface area contributed by atoms with Gasteiger partial charge in [0.1, 0.15) is 12.3 Å². The van der Waals surface area contributed by atoms with Crippen LogP contribution in [0.2, 0.25) is 5.02 Å². The highest BCUT2D eigenvalue weighted by Gasteiger charge is 2.13. The molecule has 0 aliphatic heterocycles. The Bertz CT molecular complexity index is 500. The van der Waals surface area contributed by atoms with Gasteiger partial charge < -0.3 is 4.84 Å². The first-order valence-corrected chi connectivity index (χ1v) is 5.47. The van der Waals surface area contributed by atoms with Gasteiger partial charge in [-0.2, -0.15) is 0 Å². The molecule has 6 nitrogen and oxygen atoms in total. The number of non-ortho nitro benzene ring substituents is 1. The number of nitrogens with zero attached hydrogens (tertiary/aromatic N) is 2. The molecule has 96 valence electrons. The van der Waals surface area contributed by atoms with Gasteiger partial charge in [0.2, 0.25) is 5.78 Å². The summed E-state index contributed by atoms with van der Waals surface area (Å²) in [6.45, 7) is 3.53. The SMILES string of the molecule is CC(C)O/N=C/C(=O)c1ccc([N+](=O)[O-])cc1Cl. The van der Waals surface area contributed by atoms with Crippen molar-refractivity contribution in [3.05, 3.63) is 38.9 Å². The molecule has 0 fully saturated rings. The fourth-order valence-corrected chi connectivity index (χ4v) is 1.35. The van der Waals surface area contributed by atoms with E-state index in [1.807, 2.05) is 0 Å². The maximum absolute atomic E-state index is 11.6. The van der Waals surface area contributed by atoms with Crippen LogP contribution in [0, 0.1) is 10.1 Å². The highest BCUT2D eigenvalue weighted by molar-refractivity contribution is 6.42. The first-order valence-electron chi connectivity index (χ1n) is 5.09. The third-order valence-corrected chi connectivity index (χ3v) is 2.18. The monoisotopic (exact) mass is 270 g/mol. The number of nitro groups is 1. The third-order valence-electron chi connectivity index (χ3n) is 1.87. The smallest absolute Gasteiger partial charge is 0.270 e. The first-order chi connectivity index (χ1) is 8.41. The van der Waals surface area contributed by atoms with E-state index in [0.717, 1.165) is 12.3 Å². The number of hydrogen-bond donors (Lipinski definition) is 0. The molecular weight excluding hydrogens is 260 g/mol. The van der Waals surface area contributed by atoms with Crippen LogP contribution in [-0.4, -0.2) is 23.0 Å². The summed E-state index contributed by atoms with van der Waals surface area (Å²) in [7, 11) is 0. The van der Waals surface area contributed by atoms with Crippen molar-refractivity contribution in [1.29, 1.82) is 0 Å². The summed E-state index contributed by atoms with van der Waals surface area (Å²) in [5.74, 6) is -0.476. The normalized spacial score (nSPS) is 10.9. The van der Waals surface area contributed by atoms with Gasteiger partial charge in [-0.25, -0.2) is 0 Å². The van der Waals surface area contributed by atoms with Crippen LogP contribution in [0.1, 0.15) is 24.2 Å². The van der Waals surface area contributed by atoms with E-state index in [4.69, 9.17) is 16.4 Å². The second-order valence-corrected chi connectivity index (χ2v) is 4.08. The topological polar surface area (TPSA) is 81.8 Å². The molecule has 0 aliphatic rings. The molecule has 0 radical (unpaired) electrons. The molecule has 0 spiro atoms. The number of oxime groups is 1. The maximum Gasteiger partial charge on any atom is 0.270 e. The predicted octanol–water partition coefficient (Wildman–Crippen LogP) is 2.84. The second-order valence-electron chi connectivity index (χ2n) is 3.67. The van der Waals surface area contributed by atoms with E-state index in [2.05, 4.69) is 5.16 Å². The maximum atomic E-state index is 11.6. The number of carbonyl (C=O) groups excluding carboxylic acids is 1. The van der Waals surface area contributed by atoms with Crippen LogP contribution in [0.25, 0.3) is 0 Å². The number of benzene rings is 1. The van der Waals surface area contributed by atoms with E-state index in [-0.39, 0.29) is 22.4 Å².